The van der Waals surface area contributed by atoms with Crippen LogP contribution in [0, 0.1) is 0 Å². The quantitative estimate of drug-likeness (QED) is 0.334. The summed E-state index contributed by atoms with van der Waals surface area (Å²) in [6, 6.07) is 2.21. The molecule has 0 unspecified atom stereocenters. The summed E-state index contributed by atoms with van der Waals surface area (Å²) in [6.07, 6.45) is -3.87. The fourth-order valence-electron chi connectivity index (χ4n) is 1.08. The Bertz CT molecular complexity index is 472. The number of nitrogens with two attached hydrogens (primary N) is 1. The van der Waals surface area contributed by atoms with Crippen molar-refractivity contribution in [1.29, 1.82) is 0 Å². The third kappa shape index (κ3) is 4.21. The normalized spacial score (nSPS) is 11.5. The maximum Gasteiger partial charge on any atom is 0.324 e. The summed E-state index contributed by atoms with van der Waals surface area (Å²) >= 11 is 5.56. The summed E-state index contributed by atoms with van der Waals surface area (Å²) in [5.41, 5.74) is 1.97. The number of anilines is 1. The number of halogens is 5. The number of carbonyl (C=O) groups is 1. The monoisotopic (exact) mass is 300 g/mol. The SMILES string of the molecule is NNc1cc(C(=O)NCC(F)(F)C(F)F)cc(Cl)n1. The number of hydrogen-bond acceptors (Lipinski definition) is 4. The molecule has 0 bridgehead atoms. The van der Waals surface area contributed by atoms with Crippen LogP contribution in [0.25, 0.3) is 0 Å². The molecule has 1 heterocycles. The summed E-state index contributed by atoms with van der Waals surface area (Å²) in [4.78, 5) is 15.1. The molecule has 0 aliphatic carbocycles. The second-order valence-electron chi connectivity index (χ2n) is 3.45. The van der Waals surface area contributed by atoms with Crippen LogP contribution in [0.5, 0.6) is 0 Å². The molecule has 1 aromatic heterocycles. The number of nitrogens with one attached hydrogen (secondary N) is 2. The van der Waals surface area contributed by atoms with Crippen LogP contribution in [0.4, 0.5) is 23.4 Å². The maximum atomic E-state index is 12.6. The van der Waals surface area contributed by atoms with Gasteiger partial charge in [-0.2, -0.15) is 8.78 Å². The predicted octanol–water partition coefficient (Wildman–Crippen LogP) is 1.65. The maximum absolute atomic E-state index is 12.6. The molecular formula is C9H9ClF4N4O. The van der Waals surface area contributed by atoms with E-state index in [1.807, 2.05) is 0 Å². The van der Waals surface area contributed by atoms with Crippen LogP contribution in [0.3, 0.4) is 0 Å². The summed E-state index contributed by atoms with van der Waals surface area (Å²) in [7, 11) is 0. The molecule has 0 aliphatic rings. The Balaban J connectivity index is 2.76. The van der Waals surface area contributed by atoms with Crippen LogP contribution in [0.1, 0.15) is 10.4 Å². The molecule has 10 heteroatoms. The lowest BCUT2D eigenvalue weighted by molar-refractivity contribution is -0.123. The zero-order valence-corrected chi connectivity index (χ0v) is 10.0. The highest BCUT2D eigenvalue weighted by molar-refractivity contribution is 6.29. The minimum absolute atomic E-state index is 0.0262. The molecule has 0 saturated carbocycles. The topological polar surface area (TPSA) is 80.0 Å². The molecule has 0 spiro atoms. The Hall–Kier alpha value is -1.61. The Morgan fingerprint density at radius 2 is 2.11 bits per heavy atom. The van der Waals surface area contributed by atoms with Gasteiger partial charge in [0.05, 0.1) is 6.54 Å². The van der Waals surface area contributed by atoms with Crippen LogP contribution < -0.4 is 16.6 Å². The van der Waals surface area contributed by atoms with Gasteiger partial charge in [-0.1, -0.05) is 11.6 Å². The van der Waals surface area contributed by atoms with Gasteiger partial charge in [0, 0.05) is 5.56 Å². The number of nitrogen functional groups attached to an aromatic ring is 1. The second kappa shape index (κ2) is 6.02. The van der Waals surface area contributed by atoms with E-state index in [1.165, 1.54) is 0 Å². The van der Waals surface area contributed by atoms with Gasteiger partial charge in [0.2, 0.25) is 0 Å². The fraction of sp³-hybridized carbons (Fsp3) is 0.333. The van der Waals surface area contributed by atoms with E-state index in [0.717, 1.165) is 12.1 Å². The Kier molecular flexibility index (Phi) is 4.90. The Morgan fingerprint density at radius 1 is 1.47 bits per heavy atom. The zero-order chi connectivity index (χ0) is 14.6. The summed E-state index contributed by atoms with van der Waals surface area (Å²) in [6.45, 7) is -1.49. The summed E-state index contributed by atoms with van der Waals surface area (Å²) < 4.78 is 49.0. The first-order valence-electron chi connectivity index (χ1n) is 4.84. The third-order valence-corrected chi connectivity index (χ3v) is 2.20. The zero-order valence-electron chi connectivity index (χ0n) is 9.26. The fourth-order valence-corrected chi connectivity index (χ4v) is 1.29. The van der Waals surface area contributed by atoms with E-state index in [2.05, 4.69) is 10.4 Å². The molecule has 0 fully saturated rings. The number of hydrazine groups is 1. The number of hydrogen-bond donors (Lipinski definition) is 3. The summed E-state index contributed by atoms with van der Waals surface area (Å²) in [5.74, 6) is -0.228. The highest BCUT2D eigenvalue weighted by atomic mass is 35.5. The van der Waals surface area contributed by atoms with E-state index in [9.17, 15) is 22.4 Å². The molecule has 1 amide bonds. The smallest absolute Gasteiger partial charge is 0.324 e. The van der Waals surface area contributed by atoms with Crippen LogP contribution in [0.15, 0.2) is 12.1 Å². The minimum atomic E-state index is -4.30. The average molecular weight is 301 g/mol. The van der Waals surface area contributed by atoms with Crippen molar-refractivity contribution in [3.63, 3.8) is 0 Å². The number of aromatic nitrogens is 1. The number of pyridine rings is 1. The van der Waals surface area contributed by atoms with E-state index in [-0.39, 0.29) is 16.5 Å². The van der Waals surface area contributed by atoms with E-state index >= 15 is 0 Å². The van der Waals surface area contributed by atoms with E-state index < -0.39 is 24.8 Å². The van der Waals surface area contributed by atoms with Gasteiger partial charge < -0.3 is 10.7 Å². The standard InChI is InChI=1S/C9H9ClF4N4O/c10-5-1-4(2-6(17-5)18-15)7(19)16-3-9(13,14)8(11)12/h1-2,8H,3,15H2,(H,16,19)(H,17,18). The van der Waals surface area contributed by atoms with Crippen molar-refractivity contribution in [2.75, 3.05) is 12.0 Å². The predicted molar refractivity (Wildman–Crippen MR) is 60.3 cm³/mol. The van der Waals surface area contributed by atoms with Crippen LogP contribution in [-0.4, -0.2) is 29.8 Å². The molecule has 5 nitrogen and oxygen atoms in total. The van der Waals surface area contributed by atoms with E-state index in [1.54, 1.807) is 5.32 Å². The first-order valence-corrected chi connectivity index (χ1v) is 5.22. The first kappa shape index (κ1) is 15.4. The van der Waals surface area contributed by atoms with Gasteiger partial charge >= 0.3 is 12.3 Å². The number of carbonyl (C=O) groups excluding carboxylic acids is 1. The minimum Gasteiger partial charge on any atom is -0.346 e. The highest BCUT2D eigenvalue weighted by Gasteiger charge is 2.40. The van der Waals surface area contributed by atoms with Crippen molar-refractivity contribution in [2.24, 2.45) is 5.84 Å². The van der Waals surface area contributed by atoms with Gasteiger partial charge in [0.1, 0.15) is 11.0 Å². The van der Waals surface area contributed by atoms with Gasteiger partial charge in [-0.15, -0.1) is 0 Å². The molecule has 1 rings (SSSR count). The first-order chi connectivity index (χ1) is 8.76. The van der Waals surface area contributed by atoms with Gasteiger partial charge in [0.25, 0.3) is 5.91 Å². The van der Waals surface area contributed by atoms with Crippen molar-refractivity contribution in [3.8, 4) is 0 Å². The molecular weight excluding hydrogens is 292 g/mol. The van der Waals surface area contributed by atoms with Gasteiger partial charge in [-0.3, -0.25) is 4.79 Å². The number of amides is 1. The Morgan fingerprint density at radius 3 is 2.63 bits per heavy atom. The molecule has 0 atom stereocenters. The molecule has 0 aromatic carbocycles. The van der Waals surface area contributed by atoms with Crippen molar-refractivity contribution >= 4 is 23.3 Å². The molecule has 0 radical (unpaired) electrons. The highest BCUT2D eigenvalue weighted by Crippen LogP contribution is 2.21. The number of nitrogens with zero attached hydrogens (tertiary/aromatic N) is 1. The molecule has 106 valence electrons. The lowest BCUT2D eigenvalue weighted by Crippen LogP contribution is -2.41. The van der Waals surface area contributed by atoms with Crippen molar-refractivity contribution in [1.82, 2.24) is 10.3 Å². The third-order valence-electron chi connectivity index (χ3n) is 2.01. The van der Waals surface area contributed by atoms with Gasteiger partial charge in [0.15, 0.2) is 0 Å². The molecule has 0 saturated heterocycles. The number of rotatable bonds is 5. The number of alkyl halides is 4. The second-order valence-corrected chi connectivity index (χ2v) is 3.84. The summed E-state index contributed by atoms with van der Waals surface area (Å²) in [5, 5.41) is 1.57. The van der Waals surface area contributed by atoms with Crippen LogP contribution in [-0.2, 0) is 0 Å². The van der Waals surface area contributed by atoms with Crippen molar-refractivity contribution < 1.29 is 22.4 Å². The molecule has 1 aromatic rings. The lowest BCUT2D eigenvalue weighted by Gasteiger charge is -2.15. The van der Waals surface area contributed by atoms with Crippen LogP contribution >= 0.6 is 11.6 Å². The average Bonchev–Trinajstić information content (AvgIpc) is 2.34. The molecule has 0 aliphatic heterocycles. The van der Waals surface area contributed by atoms with Crippen molar-refractivity contribution in [2.45, 2.75) is 12.3 Å². The van der Waals surface area contributed by atoms with Gasteiger partial charge in [-0.05, 0) is 12.1 Å². The van der Waals surface area contributed by atoms with Crippen molar-refractivity contribution in [3.05, 3.63) is 22.8 Å². The largest absolute Gasteiger partial charge is 0.346 e. The van der Waals surface area contributed by atoms with Crippen LogP contribution in [0.2, 0.25) is 5.15 Å². The Labute approximate surface area is 110 Å². The molecule has 4 N–H and O–H groups in total. The van der Waals surface area contributed by atoms with Gasteiger partial charge in [-0.25, -0.2) is 19.6 Å². The lowest BCUT2D eigenvalue weighted by atomic mass is 10.2. The van der Waals surface area contributed by atoms with E-state index in [4.69, 9.17) is 17.4 Å². The van der Waals surface area contributed by atoms with E-state index in [0.29, 0.717) is 0 Å². The molecule has 19 heavy (non-hydrogen) atoms.